The van der Waals surface area contributed by atoms with Crippen LogP contribution in [0.3, 0.4) is 0 Å². The average molecular weight is 946 g/mol. The lowest BCUT2D eigenvalue weighted by Gasteiger charge is -2.24. The largest absolute Gasteiger partial charge is 0.456 e. The summed E-state index contributed by atoms with van der Waals surface area (Å²) >= 11 is 1.90. The van der Waals surface area contributed by atoms with Crippen LogP contribution in [0.2, 0.25) is 0 Å². The van der Waals surface area contributed by atoms with E-state index in [1.807, 2.05) is 11.3 Å². The van der Waals surface area contributed by atoms with Crippen molar-refractivity contribution >= 4 is 94.7 Å². The van der Waals surface area contributed by atoms with Crippen LogP contribution < -0.4 is 16.2 Å². The van der Waals surface area contributed by atoms with E-state index < -0.39 is 0 Å². The van der Waals surface area contributed by atoms with Gasteiger partial charge in [0.1, 0.15) is 11.2 Å². The van der Waals surface area contributed by atoms with Gasteiger partial charge in [-0.1, -0.05) is 176 Å². The third-order valence-corrected chi connectivity index (χ3v) is 17.1. The Kier molecular flexibility index (Phi) is 9.13. The molecule has 0 amide bonds. The number of hydrogen-bond acceptors (Lipinski definition) is 3. The molecule has 0 saturated carbocycles. The fraction of sp³-hybridized carbons (Fsp3) is 0.164. The first-order valence-corrected chi connectivity index (χ1v) is 26.2. The zero-order valence-corrected chi connectivity index (χ0v) is 42.9. The number of hydrogen-bond donors (Lipinski definition) is 1. The first-order valence-electron chi connectivity index (χ1n) is 25.4. The Morgan fingerprint density at radius 2 is 1.22 bits per heavy atom. The highest BCUT2D eigenvalue weighted by Crippen LogP contribution is 2.52. The van der Waals surface area contributed by atoms with E-state index in [-0.39, 0.29) is 16.2 Å². The van der Waals surface area contributed by atoms with Crippen LogP contribution in [0.4, 0.5) is 11.4 Å². The number of thiophene rings is 1. The van der Waals surface area contributed by atoms with Crippen molar-refractivity contribution in [2.75, 3.05) is 5.32 Å². The molecule has 0 bridgehead atoms. The van der Waals surface area contributed by atoms with Crippen molar-refractivity contribution < 1.29 is 4.42 Å². The maximum Gasteiger partial charge on any atom is 0.197 e. The van der Waals surface area contributed by atoms with Crippen LogP contribution in [-0.4, -0.2) is 11.8 Å². The smallest absolute Gasteiger partial charge is 0.197 e. The molecule has 4 heterocycles. The molecule has 1 aliphatic heterocycles. The topological polar surface area (TPSA) is 30.1 Å². The monoisotopic (exact) mass is 945 g/mol. The van der Waals surface area contributed by atoms with Crippen LogP contribution in [0.15, 0.2) is 180 Å². The highest BCUT2D eigenvalue weighted by molar-refractivity contribution is 7.23. The number of benzene rings is 9. The second-order valence-corrected chi connectivity index (χ2v) is 23.9. The SMILES string of the molecule is CC(C)(C)c1ccc(Nc2cc3oc4ccc(C(C)(C)C)cc4c3cc2-c2ccc3c4cc5c(cc4n4c3c2[B]c2cc3sc(-c6ccccc6)c(-c6ccccc6)c3cc2-4)-c2ccccc2C5(C)C)cc1. The summed E-state index contributed by atoms with van der Waals surface area (Å²) in [5.41, 5.74) is 23.9. The molecular weight excluding hydrogens is 892 g/mol. The average Bonchev–Trinajstić information content (AvgIpc) is 4.09. The molecule has 1 radical (unpaired) electrons. The predicted octanol–water partition coefficient (Wildman–Crippen LogP) is 17.5. The van der Waals surface area contributed by atoms with E-state index in [0.29, 0.717) is 0 Å². The summed E-state index contributed by atoms with van der Waals surface area (Å²) in [6, 6.07) is 66.0. The standard InChI is InChI=1S/C67H54BN2OS/c1-65(2,3)40-23-26-42(27-24-40)69-55-37-59-50(49-31-41(66(4,5)6)25-30-58(49)71-59)32-47(55)44-28-29-45-48-33-53-46(43-21-15-16-22-52(43)67(53,7)8)34-56(48)70-57-35-51-60(36-54(57)68-62(44)63(45)70)72-64(39-19-13-10-14-20-39)61(51)38-17-11-9-12-18-38/h9-37,69H,1-8H3. The number of nitrogens with zero attached hydrogens (tertiary/aromatic N) is 1. The van der Waals surface area contributed by atoms with Gasteiger partial charge in [0.25, 0.3) is 0 Å². The third-order valence-electron chi connectivity index (χ3n) is 15.9. The van der Waals surface area contributed by atoms with Gasteiger partial charge in [0.05, 0.1) is 11.2 Å². The molecule has 3 nitrogen and oxygen atoms in total. The first-order chi connectivity index (χ1) is 34.7. The zero-order valence-electron chi connectivity index (χ0n) is 42.1. The van der Waals surface area contributed by atoms with Crippen LogP contribution in [0, 0.1) is 0 Å². The molecule has 0 spiro atoms. The van der Waals surface area contributed by atoms with Crippen LogP contribution in [0.25, 0.3) is 103 Å². The Hall–Kier alpha value is -7.60. The minimum atomic E-state index is -0.135. The van der Waals surface area contributed by atoms with Crippen molar-refractivity contribution in [2.24, 2.45) is 0 Å². The summed E-state index contributed by atoms with van der Waals surface area (Å²) in [5.74, 6) is 0. The van der Waals surface area contributed by atoms with Gasteiger partial charge >= 0.3 is 0 Å². The molecule has 2 aliphatic rings. The maximum atomic E-state index is 6.74. The van der Waals surface area contributed by atoms with E-state index in [0.717, 1.165) is 38.9 Å². The van der Waals surface area contributed by atoms with Gasteiger partial charge in [-0.05, 0) is 121 Å². The molecule has 1 aliphatic carbocycles. The van der Waals surface area contributed by atoms with Crippen molar-refractivity contribution in [3.8, 4) is 49.5 Å². The number of rotatable bonds is 5. The number of anilines is 2. The minimum absolute atomic E-state index is 0.0124. The molecule has 9 aromatic carbocycles. The molecule has 72 heavy (non-hydrogen) atoms. The molecule has 3 aromatic heterocycles. The molecule has 0 unspecified atom stereocenters. The summed E-state index contributed by atoms with van der Waals surface area (Å²) in [6.07, 6.45) is 0. The molecule has 14 rings (SSSR count). The Labute approximate surface area is 426 Å². The summed E-state index contributed by atoms with van der Waals surface area (Å²) in [5, 5.41) is 10.00. The number of fused-ring (bicyclic) bond motifs is 12. The number of aromatic nitrogens is 1. The van der Waals surface area contributed by atoms with E-state index in [1.165, 1.54) is 109 Å². The molecular formula is C67H54BN2OS. The fourth-order valence-electron chi connectivity index (χ4n) is 12.1. The van der Waals surface area contributed by atoms with Crippen LogP contribution in [0.5, 0.6) is 0 Å². The van der Waals surface area contributed by atoms with Crippen LogP contribution >= 0.6 is 11.3 Å². The van der Waals surface area contributed by atoms with Gasteiger partial charge < -0.3 is 14.3 Å². The van der Waals surface area contributed by atoms with Gasteiger partial charge in [-0.15, -0.1) is 11.3 Å². The Balaban J connectivity index is 1.07. The highest BCUT2D eigenvalue weighted by atomic mass is 32.1. The lowest BCUT2D eigenvalue weighted by atomic mass is 9.59. The summed E-state index contributed by atoms with van der Waals surface area (Å²) in [7, 11) is 2.49. The second-order valence-electron chi connectivity index (χ2n) is 22.8. The van der Waals surface area contributed by atoms with E-state index in [4.69, 9.17) is 4.42 Å². The van der Waals surface area contributed by atoms with Gasteiger partial charge in [0, 0.05) is 76.0 Å². The fourth-order valence-corrected chi connectivity index (χ4v) is 13.3. The minimum Gasteiger partial charge on any atom is -0.456 e. The molecule has 5 heteroatoms. The van der Waals surface area contributed by atoms with Gasteiger partial charge in [-0.2, -0.15) is 0 Å². The second kappa shape index (κ2) is 15.2. The summed E-state index contributed by atoms with van der Waals surface area (Å²) in [4.78, 5) is 1.29. The summed E-state index contributed by atoms with van der Waals surface area (Å²) < 4.78 is 10.6. The van der Waals surface area contributed by atoms with Gasteiger partial charge in [0.2, 0.25) is 0 Å². The van der Waals surface area contributed by atoms with Crippen molar-refractivity contribution in [3.63, 3.8) is 0 Å². The quantitative estimate of drug-likeness (QED) is 0.174. The van der Waals surface area contributed by atoms with Crippen molar-refractivity contribution in [1.29, 1.82) is 0 Å². The molecule has 0 atom stereocenters. The van der Waals surface area contributed by atoms with Crippen LogP contribution in [-0.2, 0) is 16.2 Å². The maximum absolute atomic E-state index is 6.74. The normalized spacial score (nSPS) is 13.8. The van der Waals surface area contributed by atoms with Gasteiger partial charge in [-0.25, -0.2) is 0 Å². The molecule has 1 N–H and O–H groups in total. The summed E-state index contributed by atoms with van der Waals surface area (Å²) in [6.45, 7) is 18.4. The molecule has 347 valence electrons. The molecule has 12 aromatic rings. The Morgan fingerprint density at radius 1 is 0.528 bits per heavy atom. The predicted molar refractivity (Wildman–Crippen MR) is 309 cm³/mol. The lowest BCUT2D eigenvalue weighted by molar-refractivity contribution is 0.590. The highest BCUT2D eigenvalue weighted by Gasteiger charge is 2.37. The Morgan fingerprint density at radius 3 is 1.97 bits per heavy atom. The first kappa shape index (κ1) is 43.2. The van der Waals surface area contributed by atoms with Crippen molar-refractivity contribution in [3.05, 3.63) is 198 Å². The Bertz CT molecular complexity index is 4230. The number of furan rings is 1. The van der Waals surface area contributed by atoms with E-state index in [2.05, 4.69) is 248 Å². The van der Waals surface area contributed by atoms with Crippen molar-refractivity contribution in [1.82, 2.24) is 4.57 Å². The third kappa shape index (κ3) is 6.42. The van der Waals surface area contributed by atoms with E-state index in [1.54, 1.807) is 0 Å². The molecule has 0 fully saturated rings. The lowest BCUT2D eigenvalue weighted by Crippen LogP contribution is -2.37. The van der Waals surface area contributed by atoms with Crippen LogP contribution in [0.1, 0.15) is 77.6 Å². The van der Waals surface area contributed by atoms with Gasteiger partial charge in [-0.3, -0.25) is 0 Å². The number of nitrogens with one attached hydrogen (secondary N) is 1. The van der Waals surface area contributed by atoms with E-state index in [9.17, 15) is 0 Å². The van der Waals surface area contributed by atoms with Crippen molar-refractivity contribution in [2.45, 2.75) is 71.6 Å². The van der Waals surface area contributed by atoms with Gasteiger partial charge in [0.15, 0.2) is 7.28 Å². The zero-order chi connectivity index (χ0) is 49.0. The molecule has 0 saturated heterocycles. The van der Waals surface area contributed by atoms with E-state index >= 15 is 0 Å².